The first-order chi connectivity index (χ1) is 17.5. The Morgan fingerprint density at radius 1 is 1.08 bits per heavy atom. The van der Waals surface area contributed by atoms with Crippen LogP contribution in [0.3, 0.4) is 0 Å². The number of thiazole rings is 1. The Kier molecular flexibility index (Phi) is 7.86. The zero-order valence-electron chi connectivity index (χ0n) is 19.9. The van der Waals surface area contributed by atoms with Crippen LogP contribution in [-0.4, -0.2) is 45.5 Å². The quantitative estimate of drug-likeness (QED) is 0.234. The van der Waals surface area contributed by atoms with E-state index in [1.807, 2.05) is 30.3 Å². The van der Waals surface area contributed by atoms with Crippen LogP contribution in [0.4, 0.5) is 21.8 Å². The molecule has 1 aliphatic heterocycles. The summed E-state index contributed by atoms with van der Waals surface area (Å²) in [6, 6.07) is 13.1. The molecule has 1 unspecified atom stereocenters. The first kappa shape index (κ1) is 25.1. The third-order valence-corrected chi connectivity index (χ3v) is 8.12. The van der Waals surface area contributed by atoms with E-state index in [0.29, 0.717) is 45.4 Å². The predicted octanol–water partition coefficient (Wildman–Crippen LogP) is 7.09. The maximum atomic E-state index is 13.0. The second-order valence-corrected chi connectivity index (χ2v) is 10.7. The molecule has 6 nitrogen and oxygen atoms in total. The van der Waals surface area contributed by atoms with Gasteiger partial charge in [0.2, 0.25) is 5.95 Å². The highest BCUT2D eigenvalue weighted by Gasteiger charge is 2.23. The zero-order chi connectivity index (χ0) is 25.1. The number of anilines is 3. The molecular weight excluding hydrogens is 518 g/mol. The van der Waals surface area contributed by atoms with Gasteiger partial charge in [-0.1, -0.05) is 59.7 Å². The van der Waals surface area contributed by atoms with Gasteiger partial charge in [0.15, 0.2) is 10.6 Å². The molecule has 0 bridgehead atoms. The standard InChI is InChI=1S/C26H27Cl2FN6S/c1-2-35-12-4-5-18(35)15-30-26-33-24(31-17-10-8-16(14-29)9-11-17)23-25(34-26)36-22(32-23)13-19-20(27)6-3-7-21(19)28/h3,6-11,18H,2,4-5,12-15H2,1H3,(H2,30,31,33,34). The molecule has 0 amide bonds. The van der Waals surface area contributed by atoms with Gasteiger partial charge in [0.05, 0.1) is 0 Å². The van der Waals surface area contributed by atoms with Crippen molar-refractivity contribution in [2.45, 2.75) is 38.9 Å². The number of nitrogens with zero attached hydrogens (tertiary/aromatic N) is 4. The summed E-state index contributed by atoms with van der Waals surface area (Å²) in [5.41, 5.74) is 2.94. The number of hydrogen-bond acceptors (Lipinski definition) is 7. The van der Waals surface area contributed by atoms with Gasteiger partial charge in [-0.2, -0.15) is 4.98 Å². The summed E-state index contributed by atoms with van der Waals surface area (Å²) in [5, 5.41) is 8.86. The Labute approximate surface area is 223 Å². The maximum absolute atomic E-state index is 13.0. The van der Waals surface area contributed by atoms with Crippen molar-refractivity contribution in [3.05, 3.63) is 68.6 Å². The largest absolute Gasteiger partial charge is 0.353 e. The Bertz CT molecular complexity index is 1330. The van der Waals surface area contributed by atoms with Gasteiger partial charge in [0.1, 0.15) is 17.2 Å². The molecule has 4 aromatic rings. The molecule has 188 valence electrons. The minimum Gasteiger partial charge on any atom is -0.353 e. The molecule has 0 aliphatic carbocycles. The van der Waals surface area contributed by atoms with Gasteiger partial charge >= 0.3 is 0 Å². The zero-order valence-corrected chi connectivity index (χ0v) is 22.2. The van der Waals surface area contributed by atoms with Crippen molar-refractivity contribution < 1.29 is 4.39 Å². The molecule has 5 rings (SSSR count). The Hall–Kier alpha value is -2.52. The van der Waals surface area contributed by atoms with E-state index in [-0.39, 0.29) is 0 Å². The van der Waals surface area contributed by atoms with Crippen molar-refractivity contribution in [3.63, 3.8) is 0 Å². The summed E-state index contributed by atoms with van der Waals surface area (Å²) in [6.07, 6.45) is 2.88. The van der Waals surface area contributed by atoms with Crippen LogP contribution < -0.4 is 10.6 Å². The lowest BCUT2D eigenvalue weighted by molar-refractivity contribution is 0.277. The van der Waals surface area contributed by atoms with E-state index < -0.39 is 6.67 Å². The summed E-state index contributed by atoms with van der Waals surface area (Å²) in [4.78, 5) is 17.6. The van der Waals surface area contributed by atoms with E-state index >= 15 is 0 Å². The fourth-order valence-electron chi connectivity index (χ4n) is 4.53. The molecule has 1 aliphatic rings. The summed E-state index contributed by atoms with van der Waals surface area (Å²) < 4.78 is 13.0. The van der Waals surface area contributed by atoms with Crippen LogP contribution in [0.2, 0.25) is 10.0 Å². The number of fused-ring (bicyclic) bond motifs is 1. The van der Waals surface area contributed by atoms with Crippen LogP contribution in [0.5, 0.6) is 0 Å². The van der Waals surface area contributed by atoms with E-state index in [2.05, 4.69) is 22.5 Å². The number of benzene rings is 2. The lowest BCUT2D eigenvalue weighted by Crippen LogP contribution is -2.34. The Morgan fingerprint density at radius 3 is 2.58 bits per heavy atom. The van der Waals surface area contributed by atoms with Crippen LogP contribution >= 0.6 is 34.5 Å². The van der Waals surface area contributed by atoms with Crippen molar-refractivity contribution in [2.75, 3.05) is 30.3 Å². The van der Waals surface area contributed by atoms with Gasteiger partial charge in [0, 0.05) is 34.7 Å². The lowest BCUT2D eigenvalue weighted by Gasteiger charge is -2.22. The Balaban J connectivity index is 1.46. The number of nitrogens with one attached hydrogen (secondary N) is 2. The first-order valence-corrected chi connectivity index (χ1v) is 13.6. The van der Waals surface area contributed by atoms with Crippen LogP contribution in [0.1, 0.15) is 35.9 Å². The number of halogens is 3. The van der Waals surface area contributed by atoms with E-state index in [1.54, 1.807) is 12.1 Å². The number of likely N-dealkylation sites (N-methyl/N-ethyl adjacent to an activating group) is 1. The van der Waals surface area contributed by atoms with E-state index in [1.165, 1.54) is 24.2 Å². The topological polar surface area (TPSA) is 66.0 Å². The van der Waals surface area contributed by atoms with Crippen molar-refractivity contribution in [2.24, 2.45) is 0 Å². The molecule has 1 atom stereocenters. The minimum atomic E-state index is -0.498. The summed E-state index contributed by atoms with van der Waals surface area (Å²) in [6.45, 7) is 4.65. The fourth-order valence-corrected chi connectivity index (χ4v) is 6.00. The average molecular weight is 546 g/mol. The number of alkyl halides is 1. The maximum Gasteiger partial charge on any atom is 0.226 e. The minimum absolute atomic E-state index is 0.471. The van der Waals surface area contributed by atoms with Crippen LogP contribution in [0.25, 0.3) is 10.3 Å². The number of aromatic nitrogens is 3. The highest BCUT2D eigenvalue weighted by molar-refractivity contribution is 7.18. The molecule has 0 radical (unpaired) electrons. The molecule has 1 fully saturated rings. The highest BCUT2D eigenvalue weighted by Crippen LogP contribution is 2.33. The Morgan fingerprint density at radius 2 is 1.86 bits per heavy atom. The van der Waals surface area contributed by atoms with Gasteiger partial charge < -0.3 is 10.6 Å². The number of rotatable bonds is 9. The molecule has 1 saturated heterocycles. The normalized spacial score (nSPS) is 16.1. The lowest BCUT2D eigenvalue weighted by atomic mass is 10.1. The highest BCUT2D eigenvalue weighted by atomic mass is 35.5. The number of hydrogen-bond donors (Lipinski definition) is 2. The second-order valence-electron chi connectivity index (χ2n) is 8.80. The van der Waals surface area contributed by atoms with Gasteiger partial charge in [-0.25, -0.2) is 14.4 Å². The van der Waals surface area contributed by atoms with E-state index in [4.69, 9.17) is 38.2 Å². The molecular formula is C26H27Cl2FN6S. The molecule has 0 saturated carbocycles. The SMILES string of the molecule is CCN1CCCC1CNc1nc(Nc2ccc(CF)cc2)c2nc(Cc3c(Cl)cccc3Cl)sc2n1. The average Bonchev–Trinajstić information content (AvgIpc) is 3.52. The third kappa shape index (κ3) is 5.57. The van der Waals surface area contributed by atoms with Crippen molar-refractivity contribution >= 4 is 62.3 Å². The monoisotopic (exact) mass is 544 g/mol. The molecule has 3 heterocycles. The van der Waals surface area contributed by atoms with E-state index in [0.717, 1.165) is 40.7 Å². The summed E-state index contributed by atoms with van der Waals surface area (Å²) in [5.74, 6) is 1.15. The second kappa shape index (κ2) is 11.3. The summed E-state index contributed by atoms with van der Waals surface area (Å²) >= 11 is 14.3. The smallest absolute Gasteiger partial charge is 0.226 e. The van der Waals surface area contributed by atoms with E-state index in [9.17, 15) is 4.39 Å². The van der Waals surface area contributed by atoms with Gasteiger partial charge in [0.25, 0.3) is 0 Å². The molecule has 10 heteroatoms. The van der Waals surface area contributed by atoms with Gasteiger partial charge in [-0.15, -0.1) is 0 Å². The van der Waals surface area contributed by atoms with Crippen molar-refractivity contribution in [3.8, 4) is 0 Å². The first-order valence-electron chi connectivity index (χ1n) is 12.0. The summed E-state index contributed by atoms with van der Waals surface area (Å²) in [7, 11) is 0. The number of likely N-dealkylation sites (tertiary alicyclic amines) is 1. The van der Waals surface area contributed by atoms with Gasteiger partial charge in [-0.3, -0.25) is 4.90 Å². The fraction of sp³-hybridized carbons (Fsp3) is 0.346. The van der Waals surface area contributed by atoms with Crippen molar-refractivity contribution in [1.82, 2.24) is 19.9 Å². The third-order valence-electron chi connectivity index (χ3n) is 6.46. The molecule has 2 aromatic heterocycles. The molecule has 36 heavy (non-hydrogen) atoms. The van der Waals surface area contributed by atoms with Crippen LogP contribution in [0, 0.1) is 0 Å². The molecule has 2 N–H and O–H groups in total. The van der Waals surface area contributed by atoms with Crippen molar-refractivity contribution in [1.29, 1.82) is 0 Å². The van der Waals surface area contributed by atoms with Gasteiger partial charge in [-0.05, 0) is 61.3 Å². The van der Waals surface area contributed by atoms with Crippen LogP contribution in [0.15, 0.2) is 42.5 Å². The molecule has 0 spiro atoms. The predicted molar refractivity (Wildman–Crippen MR) is 148 cm³/mol. The molecule has 2 aromatic carbocycles. The van der Waals surface area contributed by atoms with Crippen LogP contribution in [-0.2, 0) is 13.1 Å².